The first-order valence-corrected chi connectivity index (χ1v) is 10.6. The molecule has 1 heterocycles. The number of hydrogen-bond donors (Lipinski definition) is 2. The molecule has 0 radical (unpaired) electrons. The highest BCUT2D eigenvalue weighted by atomic mass is 16.5. The van der Waals surface area contributed by atoms with Gasteiger partial charge in [-0.25, -0.2) is 4.79 Å². The van der Waals surface area contributed by atoms with Gasteiger partial charge < -0.3 is 20.1 Å². The molecule has 0 bridgehead atoms. The van der Waals surface area contributed by atoms with Crippen molar-refractivity contribution in [2.45, 2.75) is 31.7 Å². The van der Waals surface area contributed by atoms with Crippen LogP contribution in [0.4, 0.5) is 4.79 Å². The highest BCUT2D eigenvalue weighted by Crippen LogP contribution is 2.44. The van der Waals surface area contributed by atoms with Crippen LogP contribution in [-0.4, -0.2) is 53.7 Å². The van der Waals surface area contributed by atoms with Gasteiger partial charge in [-0.3, -0.25) is 9.59 Å². The summed E-state index contributed by atoms with van der Waals surface area (Å²) in [7, 11) is 0. The Bertz CT molecular complexity index is 959. The second kappa shape index (κ2) is 8.79. The Morgan fingerprint density at radius 1 is 1.06 bits per heavy atom. The number of hydrogen-bond acceptors (Lipinski definition) is 4. The normalized spacial score (nSPS) is 19.6. The van der Waals surface area contributed by atoms with Crippen LogP contribution in [0.1, 0.15) is 36.8 Å². The van der Waals surface area contributed by atoms with Crippen molar-refractivity contribution in [3.8, 4) is 11.1 Å². The van der Waals surface area contributed by atoms with E-state index in [0.717, 1.165) is 22.3 Å². The number of carboxylic acids is 1. The number of alkyl carbamates (subject to hydrolysis) is 1. The molecule has 162 valence electrons. The summed E-state index contributed by atoms with van der Waals surface area (Å²) in [5, 5.41) is 11.8. The molecule has 2 aromatic rings. The zero-order valence-electron chi connectivity index (χ0n) is 17.4. The number of rotatable bonds is 6. The molecule has 2 amide bonds. The molecule has 4 rings (SSSR count). The van der Waals surface area contributed by atoms with Crippen molar-refractivity contribution in [1.82, 2.24) is 10.2 Å². The lowest BCUT2D eigenvalue weighted by molar-refractivity contribution is -0.143. The first-order valence-electron chi connectivity index (χ1n) is 10.6. The number of benzene rings is 2. The number of fused-ring (bicyclic) bond motifs is 3. The van der Waals surface area contributed by atoms with Crippen molar-refractivity contribution in [3.63, 3.8) is 0 Å². The number of aliphatic carboxylic acids is 1. The summed E-state index contributed by atoms with van der Waals surface area (Å²) in [6.07, 6.45) is 0.343. The van der Waals surface area contributed by atoms with Gasteiger partial charge in [0.15, 0.2) is 0 Å². The van der Waals surface area contributed by atoms with Crippen LogP contribution >= 0.6 is 0 Å². The molecule has 1 aliphatic carbocycles. The van der Waals surface area contributed by atoms with Gasteiger partial charge in [0.2, 0.25) is 5.91 Å². The van der Waals surface area contributed by atoms with Crippen LogP contribution in [0.2, 0.25) is 0 Å². The van der Waals surface area contributed by atoms with Crippen molar-refractivity contribution in [3.05, 3.63) is 59.7 Å². The fourth-order valence-electron chi connectivity index (χ4n) is 4.85. The molecule has 0 aromatic heterocycles. The number of carbonyl (C=O) groups excluding carboxylic acids is 2. The number of likely N-dealkylation sites (tertiary alicyclic amines) is 1. The Morgan fingerprint density at radius 3 is 2.26 bits per heavy atom. The molecule has 2 N–H and O–H groups in total. The second-order valence-electron chi connectivity index (χ2n) is 7.98. The van der Waals surface area contributed by atoms with Gasteiger partial charge in [0.05, 0.1) is 5.92 Å². The Morgan fingerprint density at radius 2 is 1.68 bits per heavy atom. The van der Waals surface area contributed by atoms with Gasteiger partial charge in [-0.1, -0.05) is 55.5 Å². The molecule has 2 atom stereocenters. The molecule has 2 aliphatic rings. The maximum Gasteiger partial charge on any atom is 0.407 e. The Labute approximate surface area is 181 Å². The number of ether oxygens (including phenoxy) is 1. The lowest BCUT2D eigenvalue weighted by Crippen LogP contribution is -2.44. The minimum Gasteiger partial charge on any atom is -0.481 e. The molecule has 7 nitrogen and oxygen atoms in total. The summed E-state index contributed by atoms with van der Waals surface area (Å²) in [5.41, 5.74) is 4.54. The average molecular weight is 422 g/mol. The van der Waals surface area contributed by atoms with E-state index in [4.69, 9.17) is 4.74 Å². The van der Waals surface area contributed by atoms with Crippen LogP contribution < -0.4 is 5.32 Å². The monoisotopic (exact) mass is 422 g/mol. The molecule has 2 unspecified atom stereocenters. The SMILES string of the molecule is CCC1C(C(=O)O)CCN1C(=O)CNC(=O)OCC1c2ccccc2-c2ccccc21. The molecule has 7 heteroatoms. The molecule has 0 spiro atoms. The number of nitrogens with zero attached hydrogens (tertiary/aromatic N) is 1. The first-order chi connectivity index (χ1) is 15.0. The average Bonchev–Trinajstić information content (AvgIpc) is 3.35. The number of amides is 2. The topological polar surface area (TPSA) is 95.9 Å². The highest BCUT2D eigenvalue weighted by Gasteiger charge is 2.39. The van der Waals surface area contributed by atoms with Gasteiger partial charge in [-0.2, -0.15) is 0 Å². The molecule has 2 aromatic carbocycles. The highest BCUT2D eigenvalue weighted by molar-refractivity contribution is 5.84. The van der Waals surface area contributed by atoms with E-state index in [2.05, 4.69) is 17.4 Å². The van der Waals surface area contributed by atoms with Crippen LogP contribution in [0, 0.1) is 5.92 Å². The van der Waals surface area contributed by atoms with Crippen LogP contribution in [0.25, 0.3) is 11.1 Å². The fourth-order valence-corrected chi connectivity index (χ4v) is 4.85. The van der Waals surface area contributed by atoms with Crippen LogP contribution in [0.15, 0.2) is 48.5 Å². The van der Waals surface area contributed by atoms with Gasteiger partial charge in [0.25, 0.3) is 0 Å². The van der Waals surface area contributed by atoms with Crippen molar-refractivity contribution in [2.75, 3.05) is 19.7 Å². The van der Waals surface area contributed by atoms with Crippen molar-refractivity contribution < 1.29 is 24.2 Å². The zero-order chi connectivity index (χ0) is 22.0. The smallest absolute Gasteiger partial charge is 0.407 e. The largest absolute Gasteiger partial charge is 0.481 e. The van der Waals surface area contributed by atoms with Crippen molar-refractivity contribution >= 4 is 18.0 Å². The molecule has 1 saturated heterocycles. The summed E-state index contributed by atoms with van der Waals surface area (Å²) < 4.78 is 5.45. The van der Waals surface area contributed by atoms with Gasteiger partial charge >= 0.3 is 12.1 Å². The van der Waals surface area contributed by atoms with Crippen LogP contribution in [0.5, 0.6) is 0 Å². The van der Waals surface area contributed by atoms with E-state index >= 15 is 0 Å². The molecule has 31 heavy (non-hydrogen) atoms. The molecule has 1 fully saturated rings. The minimum atomic E-state index is -0.883. The number of carbonyl (C=O) groups is 3. The summed E-state index contributed by atoms with van der Waals surface area (Å²) >= 11 is 0. The molecular weight excluding hydrogens is 396 g/mol. The third-order valence-corrected chi connectivity index (χ3v) is 6.33. The fraction of sp³-hybridized carbons (Fsp3) is 0.375. The maximum absolute atomic E-state index is 12.5. The molecule has 1 aliphatic heterocycles. The summed E-state index contributed by atoms with van der Waals surface area (Å²) in [6, 6.07) is 15.8. The standard InChI is InChI=1S/C24H26N2O5/c1-2-21-19(23(28)29)11-12-26(21)22(27)13-25-24(30)31-14-20-17-9-5-3-7-15(17)16-8-4-6-10-18(16)20/h3-10,19-21H,2,11-14H2,1H3,(H,25,30)(H,28,29). The van der Waals surface area contributed by atoms with Gasteiger partial charge in [-0.15, -0.1) is 0 Å². The second-order valence-corrected chi connectivity index (χ2v) is 7.98. The quantitative estimate of drug-likeness (QED) is 0.745. The maximum atomic E-state index is 12.5. The number of carboxylic acid groups (broad SMARTS) is 1. The van der Waals surface area contributed by atoms with E-state index in [1.54, 1.807) is 4.90 Å². The third kappa shape index (κ3) is 4.00. The number of nitrogens with one attached hydrogen (secondary N) is 1. The van der Waals surface area contributed by atoms with Gasteiger partial charge in [-0.05, 0) is 35.1 Å². The Balaban J connectivity index is 1.33. The van der Waals surface area contributed by atoms with Crippen LogP contribution in [-0.2, 0) is 14.3 Å². The van der Waals surface area contributed by atoms with Crippen LogP contribution in [0.3, 0.4) is 0 Å². The van der Waals surface area contributed by atoms with E-state index in [9.17, 15) is 19.5 Å². The summed E-state index contributed by atoms with van der Waals surface area (Å²) in [5.74, 6) is -1.77. The van der Waals surface area contributed by atoms with E-state index in [1.165, 1.54) is 0 Å². The summed E-state index contributed by atoms with van der Waals surface area (Å²) in [4.78, 5) is 37.7. The van der Waals surface area contributed by atoms with E-state index in [1.807, 2.05) is 43.3 Å². The molecular formula is C24H26N2O5. The minimum absolute atomic E-state index is 0.0479. The Kier molecular flexibility index (Phi) is 5.93. The third-order valence-electron chi connectivity index (χ3n) is 6.33. The van der Waals surface area contributed by atoms with E-state index in [0.29, 0.717) is 19.4 Å². The van der Waals surface area contributed by atoms with Gasteiger partial charge in [0, 0.05) is 18.5 Å². The predicted octanol–water partition coefficient (Wildman–Crippen LogP) is 3.24. The van der Waals surface area contributed by atoms with Gasteiger partial charge in [0.1, 0.15) is 13.2 Å². The lowest BCUT2D eigenvalue weighted by atomic mass is 9.98. The zero-order valence-corrected chi connectivity index (χ0v) is 17.4. The predicted molar refractivity (Wildman–Crippen MR) is 115 cm³/mol. The molecule has 0 saturated carbocycles. The van der Waals surface area contributed by atoms with Crippen molar-refractivity contribution in [1.29, 1.82) is 0 Å². The lowest BCUT2D eigenvalue weighted by Gasteiger charge is -2.25. The Hall–Kier alpha value is -3.35. The van der Waals surface area contributed by atoms with Crippen molar-refractivity contribution in [2.24, 2.45) is 5.92 Å². The van der Waals surface area contributed by atoms with E-state index < -0.39 is 18.0 Å². The first kappa shape index (κ1) is 20.9. The van der Waals surface area contributed by atoms with E-state index in [-0.39, 0.29) is 31.0 Å². The summed E-state index contributed by atoms with van der Waals surface area (Å²) in [6.45, 7) is 2.22.